The molecular weight excluding hydrogens is 472 g/mol. The number of Topliss-reactive ketones (excluding diaryl/α,β-unsaturated/α-hetero) is 1. The first kappa shape index (κ1) is 24.1. The number of hydrogen-bond donors (Lipinski definition) is 1. The molecule has 0 radical (unpaired) electrons. The lowest BCUT2D eigenvalue weighted by molar-refractivity contribution is -0.140. The molecule has 4 rings (SSSR count). The number of halogens is 1. The Bertz CT molecular complexity index is 1310. The predicted molar refractivity (Wildman–Crippen MR) is 130 cm³/mol. The van der Waals surface area contributed by atoms with E-state index in [0.29, 0.717) is 17.0 Å². The smallest absolute Gasteiger partial charge is 0.296 e. The van der Waals surface area contributed by atoms with Gasteiger partial charge in [0, 0.05) is 17.8 Å². The maximum atomic E-state index is 13.4. The Hall–Kier alpha value is -4.04. The standard InChI is InChI=1S/C26H23ClN2O6/c1-33-19-10-5-4-9-16(19)23-22(24(30)17-12-21(35-3)18(27)13-20(17)34-2)25(31)26(32)29(23)14-15-8-6-7-11-28-15/h4-13,23,30H,14H2,1-3H3/b24-22+. The highest BCUT2D eigenvalue weighted by Crippen LogP contribution is 2.45. The van der Waals surface area contributed by atoms with E-state index in [1.54, 1.807) is 48.7 Å². The van der Waals surface area contributed by atoms with E-state index in [2.05, 4.69) is 4.98 Å². The van der Waals surface area contributed by atoms with Crippen LogP contribution in [0.2, 0.25) is 5.02 Å². The Balaban J connectivity index is 1.96. The number of methoxy groups -OCH3 is 3. The molecule has 3 aromatic rings. The minimum atomic E-state index is -0.945. The van der Waals surface area contributed by atoms with Gasteiger partial charge in [0.2, 0.25) is 0 Å². The van der Waals surface area contributed by atoms with Gasteiger partial charge in [-0.3, -0.25) is 14.6 Å². The quantitative estimate of drug-likeness (QED) is 0.295. The number of amides is 1. The van der Waals surface area contributed by atoms with Crippen molar-refractivity contribution in [3.8, 4) is 17.2 Å². The van der Waals surface area contributed by atoms with Crippen LogP contribution in [0, 0.1) is 0 Å². The minimum absolute atomic E-state index is 0.0476. The van der Waals surface area contributed by atoms with Crippen molar-refractivity contribution in [2.24, 2.45) is 0 Å². The normalized spacial score (nSPS) is 16.9. The number of likely N-dealkylation sites (tertiary alicyclic amines) is 1. The van der Waals surface area contributed by atoms with Crippen LogP contribution in [0.3, 0.4) is 0 Å². The van der Waals surface area contributed by atoms with Crippen LogP contribution in [-0.2, 0) is 16.1 Å². The number of benzene rings is 2. The zero-order chi connectivity index (χ0) is 25.1. The average Bonchev–Trinajstić information content (AvgIpc) is 3.13. The van der Waals surface area contributed by atoms with Crippen molar-refractivity contribution < 1.29 is 28.9 Å². The molecule has 0 aliphatic carbocycles. The molecule has 0 spiro atoms. The summed E-state index contributed by atoms with van der Waals surface area (Å²) >= 11 is 6.22. The van der Waals surface area contributed by atoms with Gasteiger partial charge in [-0.1, -0.05) is 35.9 Å². The molecule has 2 heterocycles. The monoisotopic (exact) mass is 494 g/mol. The molecule has 35 heavy (non-hydrogen) atoms. The highest BCUT2D eigenvalue weighted by Gasteiger charge is 2.47. The highest BCUT2D eigenvalue weighted by atomic mass is 35.5. The van der Waals surface area contributed by atoms with Gasteiger partial charge in [0.25, 0.3) is 11.7 Å². The molecule has 1 saturated heterocycles. The summed E-state index contributed by atoms with van der Waals surface area (Å²) in [6.07, 6.45) is 1.61. The molecule has 1 atom stereocenters. The van der Waals surface area contributed by atoms with Crippen LogP contribution in [0.1, 0.15) is 22.9 Å². The third-order valence-corrected chi connectivity index (χ3v) is 6.06. The first-order valence-electron chi connectivity index (χ1n) is 10.6. The summed E-state index contributed by atoms with van der Waals surface area (Å²) in [5, 5.41) is 11.7. The molecule has 0 bridgehead atoms. The van der Waals surface area contributed by atoms with E-state index in [0.717, 1.165) is 0 Å². The zero-order valence-corrected chi connectivity index (χ0v) is 20.1. The van der Waals surface area contributed by atoms with Gasteiger partial charge in [0.05, 0.1) is 55.8 Å². The molecule has 1 unspecified atom stereocenters. The summed E-state index contributed by atoms with van der Waals surface area (Å²) in [4.78, 5) is 32.3. The molecule has 8 nitrogen and oxygen atoms in total. The second kappa shape index (κ2) is 10.1. The van der Waals surface area contributed by atoms with Crippen LogP contribution >= 0.6 is 11.6 Å². The molecule has 1 fully saturated rings. The van der Waals surface area contributed by atoms with Crippen LogP contribution < -0.4 is 14.2 Å². The molecule has 1 aliphatic rings. The fourth-order valence-electron chi connectivity index (χ4n) is 4.12. The van der Waals surface area contributed by atoms with Crippen molar-refractivity contribution in [2.45, 2.75) is 12.6 Å². The van der Waals surface area contributed by atoms with Gasteiger partial charge in [0.15, 0.2) is 0 Å². The van der Waals surface area contributed by atoms with Crippen LogP contribution in [-0.4, -0.2) is 48.0 Å². The van der Waals surface area contributed by atoms with Crippen molar-refractivity contribution in [3.05, 3.63) is 88.2 Å². The number of para-hydroxylation sites is 1. The molecule has 9 heteroatoms. The molecule has 1 N–H and O–H groups in total. The summed E-state index contributed by atoms with van der Waals surface area (Å²) in [5.41, 5.74) is 1.16. The van der Waals surface area contributed by atoms with E-state index in [9.17, 15) is 14.7 Å². The molecule has 2 aromatic carbocycles. The summed E-state index contributed by atoms with van der Waals surface area (Å²) in [5.74, 6) is -1.10. The summed E-state index contributed by atoms with van der Waals surface area (Å²) < 4.78 is 16.2. The Morgan fingerprint density at radius 2 is 1.66 bits per heavy atom. The Kier molecular flexibility index (Phi) is 6.93. The molecule has 1 amide bonds. The number of aliphatic hydroxyl groups is 1. The lowest BCUT2D eigenvalue weighted by Crippen LogP contribution is -2.29. The SMILES string of the molecule is COc1cc(/C(O)=C2\C(=O)C(=O)N(Cc3ccccn3)C2c2ccccc2OC)c(OC)cc1Cl. The molecular formula is C26H23ClN2O6. The van der Waals surface area contributed by atoms with Crippen LogP contribution in [0.15, 0.2) is 66.4 Å². The van der Waals surface area contributed by atoms with Gasteiger partial charge in [0.1, 0.15) is 23.0 Å². The van der Waals surface area contributed by atoms with Gasteiger partial charge in [-0.25, -0.2) is 0 Å². The van der Waals surface area contributed by atoms with E-state index in [-0.39, 0.29) is 34.2 Å². The summed E-state index contributed by atoms with van der Waals surface area (Å²) in [7, 11) is 4.33. The molecule has 1 aliphatic heterocycles. The molecule has 180 valence electrons. The lowest BCUT2D eigenvalue weighted by atomic mass is 9.94. The number of nitrogens with zero attached hydrogens (tertiary/aromatic N) is 2. The van der Waals surface area contributed by atoms with Crippen LogP contribution in [0.5, 0.6) is 17.2 Å². The van der Waals surface area contributed by atoms with Crippen molar-refractivity contribution in [1.29, 1.82) is 0 Å². The minimum Gasteiger partial charge on any atom is -0.507 e. The molecule has 1 aromatic heterocycles. The van der Waals surface area contributed by atoms with Crippen LogP contribution in [0.4, 0.5) is 0 Å². The van der Waals surface area contributed by atoms with Crippen molar-refractivity contribution in [2.75, 3.05) is 21.3 Å². The number of pyridine rings is 1. The number of carbonyl (C=O) groups excluding carboxylic acids is 2. The molecule has 0 saturated carbocycles. The number of aromatic nitrogens is 1. The first-order chi connectivity index (χ1) is 16.9. The number of carbonyl (C=O) groups is 2. The van der Waals surface area contributed by atoms with E-state index in [4.69, 9.17) is 25.8 Å². The lowest BCUT2D eigenvalue weighted by Gasteiger charge is -2.26. The first-order valence-corrected chi connectivity index (χ1v) is 11.0. The number of aliphatic hydroxyl groups excluding tert-OH is 1. The number of ketones is 1. The van der Waals surface area contributed by atoms with E-state index in [1.165, 1.54) is 38.4 Å². The van der Waals surface area contributed by atoms with Crippen molar-refractivity contribution >= 4 is 29.1 Å². The van der Waals surface area contributed by atoms with Gasteiger partial charge < -0.3 is 24.2 Å². The Morgan fingerprint density at radius 1 is 0.971 bits per heavy atom. The van der Waals surface area contributed by atoms with E-state index >= 15 is 0 Å². The van der Waals surface area contributed by atoms with Gasteiger partial charge in [-0.15, -0.1) is 0 Å². The summed E-state index contributed by atoms with van der Waals surface area (Å²) in [6.45, 7) is 0.0476. The predicted octanol–water partition coefficient (Wildman–Crippen LogP) is 4.38. The highest BCUT2D eigenvalue weighted by molar-refractivity contribution is 6.46. The fourth-order valence-corrected chi connectivity index (χ4v) is 4.35. The number of ether oxygens (including phenoxy) is 3. The fraction of sp³-hybridized carbons (Fsp3) is 0.192. The second-order valence-corrected chi connectivity index (χ2v) is 8.08. The van der Waals surface area contributed by atoms with Crippen molar-refractivity contribution in [1.82, 2.24) is 9.88 Å². The van der Waals surface area contributed by atoms with Crippen molar-refractivity contribution in [3.63, 3.8) is 0 Å². The Morgan fingerprint density at radius 3 is 2.31 bits per heavy atom. The van der Waals surface area contributed by atoms with E-state index < -0.39 is 23.5 Å². The second-order valence-electron chi connectivity index (χ2n) is 7.68. The average molecular weight is 495 g/mol. The Labute approximate surface area is 207 Å². The maximum absolute atomic E-state index is 13.4. The number of rotatable bonds is 7. The van der Waals surface area contributed by atoms with Gasteiger partial charge in [-0.05, 0) is 24.3 Å². The van der Waals surface area contributed by atoms with Gasteiger partial charge >= 0.3 is 0 Å². The number of hydrogen-bond acceptors (Lipinski definition) is 7. The van der Waals surface area contributed by atoms with Gasteiger partial charge in [-0.2, -0.15) is 0 Å². The largest absolute Gasteiger partial charge is 0.507 e. The summed E-state index contributed by atoms with van der Waals surface area (Å²) in [6, 6.07) is 14.3. The topological polar surface area (TPSA) is 98.2 Å². The zero-order valence-electron chi connectivity index (χ0n) is 19.3. The maximum Gasteiger partial charge on any atom is 0.296 e. The third-order valence-electron chi connectivity index (χ3n) is 5.76. The van der Waals surface area contributed by atoms with Crippen LogP contribution in [0.25, 0.3) is 5.76 Å². The van der Waals surface area contributed by atoms with E-state index in [1.807, 2.05) is 0 Å². The third kappa shape index (κ3) is 4.40.